The number of hydrogen-bond acceptors (Lipinski definition) is 2. The molecule has 0 atom stereocenters. The molecule has 2 aromatic rings. The van der Waals surface area contributed by atoms with Crippen molar-refractivity contribution in [1.82, 2.24) is 0 Å². The molecule has 2 aromatic carbocycles. The molecular formula is C14H13ClO3. The molecule has 0 aliphatic rings. The van der Waals surface area contributed by atoms with Crippen LogP contribution in [0.2, 0.25) is 5.02 Å². The van der Waals surface area contributed by atoms with Gasteiger partial charge in [-0.25, -0.2) is 4.79 Å². The highest BCUT2D eigenvalue weighted by molar-refractivity contribution is 6.31. The van der Waals surface area contributed by atoms with Crippen LogP contribution < -0.4 is 0 Å². The van der Waals surface area contributed by atoms with Crippen LogP contribution in [0.4, 0.5) is 0 Å². The van der Waals surface area contributed by atoms with Gasteiger partial charge in [0, 0.05) is 10.6 Å². The number of hydrogen-bond donors (Lipinski definition) is 2. The zero-order valence-corrected chi connectivity index (χ0v) is 10.6. The molecule has 0 saturated heterocycles. The molecule has 0 aliphatic heterocycles. The van der Waals surface area contributed by atoms with E-state index < -0.39 is 5.97 Å². The normalized spacial score (nSPS) is 9.22. The van der Waals surface area contributed by atoms with E-state index in [2.05, 4.69) is 0 Å². The van der Waals surface area contributed by atoms with Gasteiger partial charge in [-0.15, -0.1) is 0 Å². The summed E-state index contributed by atoms with van der Waals surface area (Å²) < 4.78 is 0. The molecule has 0 aliphatic carbocycles. The Morgan fingerprint density at radius 1 is 1.06 bits per heavy atom. The molecule has 4 heteroatoms. The Morgan fingerprint density at radius 2 is 1.67 bits per heavy atom. The number of halogens is 1. The van der Waals surface area contributed by atoms with Crippen molar-refractivity contribution in [2.45, 2.75) is 6.92 Å². The minimum absolute atomic E-state index is 0.252. The topological polar surface area (TPSA) is 57.5 Å². The van der Waals surface area contributed by atoms with Crippen LogP contribution in [0.3, 0.4) is 0 Å². The molecule has 0 saturated carbocycles. The van der Waals surface area contributed by atoms with Crippen molar-refractivity contribution >= 4 is 17.6 Å². The van der Waals surface area contributed by atoms with Gasteiger partial charge in [0.1, 0.15) is 5.75 Å². The lowest BCUT2D eigenvalue weighted by molar-refractivity contribution is 0.0697. The number of carboxylic acid groups (broad SMARTS) is 1. The lowest BCUT2D eigenvalue weighted by atomic mass is 10.2. The number of phenolic OH excluding ortho intramolecular Hbond substituents is 1. The van der Waals surface area contributed by atoms with E-state index in [1.54, 1.807) is 55.5 Å². The van der Waals surface area contributed by atoms with Crippen molar-refractivity contribution in [3.8, 4) is 5.75 Å². The summed E-state index contributed by atoms with van der Waals surface area (Å²) >= 11 is 5.65. The fraction of sp³-hybridized carbons (Fsp3) is 0.0714. The lowest BCUT2D eigenvalue weighted by Gasteiger charge is -1.97. The fourth-order valence-corrected chi connectivity index (χ4v) is 1.35. The number of carbonyl (C=O) groups is 1. The molecular weight excluding hydrogens is 252 g/mol. The first-order chi connectivity index (χ1) is 8.52. The number of rotatable bonds is 1. The summed E-state index contributed by atoms with van der Waals surface area (Å²) in [5.41, 5.74) is 1.07. The molecule has 18 heavy (non-hydrogen) atoms. The third-order valence-electron chi connectivity index (χ3n) is 2.26. The molecule has 2 N–H and O–H groups in total. The standard InChI is InChI=1S/C7H7ClO.C7H6O2/c1-5-6(8)3-2-4-7(5)9;8-7(9)6-4-2-1-3-5-6/h2-4,9H,1H3;1-5H,(H,8,9). The number of aromatic hydroxyl groups is 1. The molecule has 0 aromatic heterocycles. The van der Waals surface area contributed by atoms with Gasteiger partial charge in [0.25, 0.3) is 0 Å². The monoisotopic (exact) mass is 264 g/mol. The molecule has 0 bridgehead atoms. The summed E-state index contributed by atoms with van der Waals surface area (Å²) in [7, 11) is 0. The van der Waals surface area contributed by atoms with Crippen LogP contribution in [0.1, 0.15) is 15.9 Å². The molecule has 3 nitrogen and oxygen atoms in total. The molecule has 0 fully saturated rings. The Balaban J connectivity index is 0.000000180. The number of benzene rings is 2. The van der Waals surface area contributed by atoms with E-state index in [0.29, 0.717) is 10.6 Å². The Bertz CT molecular complexity index is 504. The van der Waals surface area contributed by atoms with E-state index >= 15 is 0 Å². The average molecular weight is 265 g/mol. The number of aromatic carboxylic acids is 1. The smallest absolute Gasteiger partial charge is 0.335 e. The minimum Gasteiger partial charge on any atom is -0.508 e. The molecule has 0 unspecified atom stereocenters. The summed E-state index contributed by atoms with van der Waals surface area (Å²) in [6.45, 7) is 1.78. The maximum atomic E-state index is 10.2. The quantitative estimate of drug-likeness (QED) is 0.825. The highest BCUT2D eigenvalue weighted by Gasteiger charge is 1.97. The van der Waals surface area contributed by atoms with Crippen molar-refractivity contribution in [1.29, 1.82) is 0 Å². The summed E-state index contributed by atoms with van der Waals surface area (Å²) in [5, 5.41) is 18.0. The maximum absolute atomic E-state index is 10.2. The predicted octanol–water partition coefficient (Wildman–Crippen LogP) is 3.74. The van der Waals surface area contributed by atoms with E-state index in [4.69, 9.17) is 21.8 Å². The van der Waals surface area contributed by atoms with Gasteiger partial charge in [-0.2, -0.15) is 0 Å². The highest BCUT2D eigenvalue weighted by Crippen LogP contribution is 2.22. The lowest BCUT2D eigenvalue weighted by Crippen LogP contribution is -1.93. The van der Waals surface area contributed by atoms with Gasteiger partial charge in [0.15, 0.2) is 0 Å². The molecule has 94 valence electrons. The third kappa shape index (κ3) is 4.11. The zero-order valence-electron chi connectivity index (χ0n) is 9.80. The van der Waals surface area contributed by atoms with Crippen LogP contribution in [-0.4, -0.2) is 16.2 Å². The second-order valence-corrected chi connectivity index (χ2v) is 3.96. The van der Waals surface area contributed by atoms with Gasteiger partial charge in [-0.3, -0.25) is 0 Å². The van der Waals surface area contributed by atoms with Crippen molar-refractivity contribution in [3.05, 3.63) is 64.7 Å². The van der Waals surface area contributed by atoms with Crippen molar-refractivity contribution in [2.24, 2.45) is 0 Å². The molecule has 2 rings (SSSR count). The largest absolute Gasteiger partial charge is 0.508 e. The average Bonchev–Trinajstić information content (AvgIpc) is 2.38. The van der Waals surface area contributed by atoms with E-state index in [-0.39, 0.29) is 5.75 Å². The summed E-state index contributed by atoms with van der Waals surface area (Å²) in [5.74, 6) is -0.627. The Kier molecular flexibility index (Phi) is 5.21. The van der Waals surface area contributed by atoms with Crippen LogP contribution in [0.5, 0.6) is 5.75 Å². The molecule has 0 amide bonds. The number of carboxylic acids is 1. The Morgan fingerprint density at radius 3 is 2.06 bits per heavy atom. The van der Waals surface area contributed by atoms with Crippen LogP contribution in [0.25, 0.3) is 0 Å². The summed E-state index contributed by atoms with van der Waals surface area (Å²) in [6.07, 6.45) is 0. The van der Waals surface area contributed by atoms with Crippen LogP contribution in [-0.2, 0) is 0 Å². The van der Waals surface area contributed by atoms with Gasteiger partial charge >= 0.3 is 5.97 Å². The first-order valence-electron chi connectivity index (χ1n) is 5.25. The SMILES string of the molecule is Cc1c(O)cccc1Cl.O=C(O)c1ccccc1. The van der Waals surface area contributed by atoms with Crippen molar-refractivity contribution in [3.63, 3.8) is 0 Å². The molecule has 0 radical (unpaired) electrons. The van der Waals surface area contributed by atoms with Gasteiger partial charge in [-0.1, -0.05) is 35.9 Å². The van der Waals surface area contributed by atoms with Crippen LogP contribution >= 0.6 is 11.6 Å². The Hall–Kier alpha value is -2.00. The van der Waals surface area contributed by atoms with Crippen LogP contribution in [0.15, 0.2) is 48.5 Å². The second kappa shape index (κ2) is 6.67. The van der Waals surface area contributed by atoms with E-state index in [0.717, 1.165) is 5.56 Å². The zero-order chi connectivity index (χ0) is 13.5. The number of phenols is 1. The first-order valence-corrected chi connectivity index (χ1v) is 5.62. The predicted molar refractivity (Wildman–Crippen MR) is 71.3 cm³/mol. The third-order valence-corrected chi connectivity index (χ3v) is 2.67. The first kappa shape index (κ1) is 14.1. The Labute approximate surface area is 110 Å². The highest BCUT2D eigenvalue weighted by atomic mass is 35.5. The van der Waals surface area contributed by atoms with Gasteiger partial charge in [0.2, 0.25) is 0 Å². The minimum atomic E-state index is -0.879. The maximum Gasteiger partial charge on any atom is 0.335 e. The van der Waals surface area contributed by atoms with Crippen molar-refractivity contribution in [2.75, 3.05) is 0 Å². The van der Waals surface area contributed by atoms with Crippen molar-refractivity contribution < 1.29 is 15.0 Å². The van der Waals surface area contributed by atoms with Gasteiger partial charge in [-0.05, 0) is 31.2 Å². The van der Waals surface area contributed by atoms with E-state index in [9.17, 15) is 4.79 Å². The summed E-state index contributed by atoms with van der Waals surface area (Å²) in [6, 6.07) is 13.4. The van der Waals surface area contributed by atoms with E-state index in [1.807, 2.05) is 0 Å². The van der Waals surface area contributed by atoms with E-state index in [1.165, 1.54) is 0 Å². The van der Waals surface area contributed by atoms with Crippen LogP contribution in [0, 0.1) is 6.92 Å². The fourth-order valence-electron chi connectivity index (χ4n) is 1.18. The van der Waals surface area contributed by atoms with Gasteiger partial charge in [0.05, 0.1) is 5.56 Å². The molecule has 0 spiro atoms. The molecule has 0 heterocycles. The second-order valence-electron chi connectivity index (χ2n) is 3.56. The summed E-state index contributed by atoms with van der Waals surface area (Å²) in [4.78, 5) is 10.2. The van der Waals surface area contributed by atoms with Gasteiger partial charge < -0.3 is 10.2 Å².